The first-order chi connectivity index (χ1) is 7.55. The van der Waals surface area contributed by atoms with Gasteiger partial charge in [-0.1, -0.05) is 31.9 Å². The number of hydrogen-bond donors (Lipinski definition) is 1. The van der Waals surface area contributed by atoms with Crippen LogP contribution in [0.2, 0.25) is 0 Å². The van der Waals surface area contributed by atoms with Crippen molar-refractivity contribution < 1.29 is 22.0 Å². The van der Waals surface area contributed by atoms with Gasteiger partial charge in [0.15, 0.2) is 0 Å². The molecule has 0 fully saturated rings. The summed E-state index contributed by atoms with van der Waals surface area (Å²) in [6.07, 6.45) is -5.68. The van der Waals surface area contributed by atoms with Crippen molar-refractivity contribution in [2.45, 2.75) is 18.1 Å². The van der Waals surface area contributed by atoms with E-state index in [-0.39, 0.29) is 5.56 Å². The summed E-state index contributed by atoms with van der Waals surface area (Å²) in [7, 11) is 0. The maximum atomic E-state index is 13.0. The molecule has 0 aromatic heterocycles. The van der Waals surface area contributed by atoms with Crippen LogP contribution in [0.5, 0.6) is 0 Å². The van der Waals surface area contributed by atoms with E-state index in [4.69, 9.17) is 5.73 Å². The molecule has 96 valence electrons. The number of hydrogen-bond acceptors (Lipinski definition) is 1. The molecule has 0 aliphatic rings. The minimum Gasteiger partial charge on any atom is -0.319 e. The van der Waals surface area contributed by atoms with Crippen LogP contribution in [0.1, 0.15) is 11.6 Å². The molecule has 0 saturated carbocycles. The molecule has 1 nitrogen and oxygen atoms in total. The van der Waals surface area contributed by atoms with E-state index in [0.717, 1.165) is 12.1 Å². The molecule has 1 rings (SSSR count). The predicted octanol–water partition coefficient (Wildman–Crippen LogP) is 4.41. The first-order valence-electron chi connectivity index (χ1n) is 4.22. The molecular weight excluding hydrogens is 377 g/mol. The van der Waals surface area contributed by atoms with Gasteiger partial charge in [0.25, 0.3) is 0 Å². The number of benzene rings is 1. The number of rotatable bonds is 2. The highest BCUT2D eigenvalue weighted by molar-refractivity contribution is 9.11. The molecule has 0 aliphatic heterocycles. The van der Waals surface area contributed by atoms with Crippen LogP contribution < -0.4 is 5.73 Å². The first kappa shape index (κ1) is 14.8. The summed E-state index contributed by atoms with van der Waals surface area (Å²) in [5.41, 5.74) is 4.67. The summed E-state index contributed by atoms with van der Waals surface area (Å²) < 4.78 is 63.1. The van der Waals surface area contributed by atoms with E-state index in [0.29, 0.717) is 8.95 Å². The normalized spacial score (nSPS) is 14.8. The Labute approximate surface area is 110 Å². The third-order valence-electron chi connectivity index (χ3n) is 2.01. The Kier molecular flexibility index (Phi) is 4.20. The molecule has 0 saturated heterocycles. The van der Waals surface area contributed by atoms with E-state index in [2.05, 4.69) is 31.9 Å². The average Bonchev–Trinajstić information content (AvgIpc) is 2.13. The lowest BCUT2D eigenvalue weighted by atomic mass is 10.0. The van der Waals surface area contributed by atoms with E-state index < -0.39 is 18.1 Å². The molecule has 0 bridgehead atoms. The van der Waals surface area contributed by atoms with Crippen LogP contribution in [0.4, 0.5) is 22.0 Å². The van der Waals surface area contributed by atoms with Gasteiger partial charge in [0.1, 0.15) is 6.04 Å². The molecule has 0 radical (unpaired) electrons. The van der Waals surface area contributed by atoms with Crippen molar-refractivity contribution in [3.8, 4) is 0 Å². The van der Waals surface area contributed by atoms with Crippen molar-refractivity contribution in [3.63, 3.8) is 0 Å². The first-order valence-corrected chi connectivity index (χ1v) is 5.80. The zero-order chi connectivity index (χ0) is 13.4. The van der Waals surface area contributed by atoms with E-state index in [1.165, 1.54) is 6.07 Å². The smallest absolute Gasteiger partial charge is 0.319 e. The molecule has 17 heavy (non-hydrogen) atoms. The Morgan fingerprint density at radius 3 is 1.71 bits per heavy atom. The second-order valence-corrected chi connectivity index (χ2v) is 5.13. The number of nitrogens with two attached hydrogens (primary N) is 1. The summed E-state index contributed by atoms with van der Waals surface area (Å²) in [6.45, 7) is 0. The zero-order valence-electron chi connectivity index (χ0n) is 8.03. The van der Waals surface area contributed by atoms with Gasteiger partial charge in [-0.25, -0.2) is 0 Å². The Balaban J connectivity index is 3.16. The van der Waals surface area contributed by atoms with Crippen LogP contribution in [0.25, 0.3) is 0 Å². The summed E-state index contributed by atoms with van der Waals surface area (Å²) in [6, 6.07) is 1.29. The fraction of sp³-hybridized carbons (Fsp3) is 0.333. The van der Waals surface area contributed by atoms with Crippen LogP contribution in [0.15, 0.2) is 27.1 Å². The van der Waals surface area contributed by atoms with Gasteiger partial charge < -0.3 is 5.73 Å². The third kappa shape index (κ3) is 3.17. The third-order valence-corrected chi connectivity index (χ3v) is 2.93. The maximum Gasteiger partial charge on any atom is 0.455 e. The summed E-state index contributed by atoms with van der Waals surface area (Å²) in [5.74, 6) is -4.98. The summed E-state index contributed by atoms with van der Waals surface area (Å²) >= 11 is 5.97. The fourth-order valence-corrected chi connectivity index (χ4v) is 2.47. The number of halogens is 7. The van der Waals surface area contributed by atoms with E-state index >= 15 is 0 Å². The summed E-state index contributed by atoms with van der Waals surface area (Å²) in [5, 5.41) is 0. The molecule has 0 aliphatic carbocycles. The highest BCUT2D eigenvalue weighted by Crippen LogP contribution is 2.43. The average molecular weight is 383 g/mol. The fourth-order valence-electron chi connectivity index (χ4n) is 1.14. The van der Waals surface area contributed by atoms with Crippen LogP contribution in [0, 0.1) is 0 Å². The van der Waals surface area contributed by atoms with Crippen molar-refractivity contribution in [1.82, 2.24) is 0 Å². The molecule has 0 heterocycles. The Morgan fingerprint density at radius 2 is 1.35 bits per heavy atom. The Hall–Kier alpha value is -0.210. The van der Waals surface area contributed by atoms with Gasteiger partial charge in [-0.3, -0.25) is 0 Å². The molecule has 1 aromatic rings. The van der Waals surface area contributed by atoms with Crippen molar-refractivity contribution >= 4 is 31.9 Å². The van der Waals surface area contributed by atoms with Gasteiger partial charge in [0.2, 0.25) is 0 Å². The van der Waals surface area contributed by atoms with E-state index in [9.17, 15) is 22.0 Å². The molecule has 0 spiro atoms. The molecule has 0 amide bonds. The molecule has 8 heteroatoms. The standard InChI is InChI=1S/C9H6Br2F5N/c10-5-1-4(2-6(11)3-5)7(17)8(12,13)9(14,15)16/h1-3,7H,17H2/t7-/m1/s1. The molecule has 0 unspecified atom stereocenters. The molecule has 2 N–H and O–H groups in total. The van der Waals surface area contributed by atoms with E-state index in [1.54, 1.807) is 0 Å². The predicted molar refractivity (Wildman–Crippen MR) is 59.8 cm³/mol. The SMILES string of the molecule is N[C@H](c1cc(Br)cc(Br)c1)C(F)(F)C(F)(F)F. The monoisotopic (exact) mass is 381 g/mol. The molecular formula is C9H6Br2F5N. The Morgan fingerprint density at radius 1 is 0.941 bits per heavy atom. The second kappa shape index (κ2) is 4.81. The van der Waals surface area contributed by atoms with E-state index in [1.807, 2.05) is 0 Å². The van der Waals surface area contributed by atoms with Gasteiger partial charge in [-0.2, -0.15) is 22.0 Å². The van der Waals surface area contributed by atoms with Crippen molar-refractivity contribution in [2.75, 3.05) is 0 Å². The molecule has 1 aromatic carbocycles. The van der Waals surface area contributed by atoms with Crippen molar-refractivity contribution in [3.05, 3.63) is 32.7 Å². The topological polar surface area (TPSA) is 26.0 Å². The quantitative estimate of drug-likeness (QED) is 0.753. The minimum atomic E-state index is -5.68. The highest BCUT2D eigenvalue weighted by Gasteiger charge is 2.61. The van der Waals surface area contributed by atoms with Crippen LogP contribution >= 0.6 is 31.9 Å². The second-order valence-electron chi connectivity index (χ2n) is 3.30. The largest absolute Gasteiger partial charge is 0.455 e. The zero-order valence-corrected chi connectivity index (χ0v) is 11.2. The van der Waals surface area contributed by atoms with Gasteiger partial charge in [-0.15, -0.1) is 0 Å². The Bertz CT molecular complexity index is 398. The summed E-state index contributed by atoms with van der Waals surface area (Å²) in [4.78, 5) is 0. The maximum absolute atomic E-state index is 13.0. The minimum absolute atomic E-state index is 0.312. The van der Waals surface area contributed by atoms with Gasteiger partial charge in [0.05, 0.1) is 0 Å². The lowest BCUT2D eigenvalue weighted by Gasteiger charge is -2.26. The van der Waals surface area contributed by atoms with Crippen molar-refractivity contribution in [2.24, 2.45) is 5.73 Å². The van der Waals surface area contributed by atoms with Crippen LogP contribution in [-0.4, -0.2) is 12.1 Å². The highest BCUT2D eigenvalue weighted by atomic mass is 79.9. The van der Waals surface area contributed by atoms with Crippen molar-refractivity contribution in [1.29, 1.82) is 0 Å². The molecule has 1 atom stereocenters. The number of alkyl halides is 5. The van der Waals surface area contributed by atoms with Gasteiger partial charge in [0, 0.05) is 8.95 Å². The van der Waals surface area contributed by atoms with Crippen LogP contribution in [0.3, 0.4) is 0 Å². The van der Waals surface area contributed by atoms with Gasteiger partial charge >= 0.3 is 12.1 Å². The van der Waals surface area contributed by atoms with Crippen LogP contribution in [-0.2, 0) is 0 Å². The van der Waals surface area contributed by atoms with Gasteiger partial charge in [-0.05, 0) is 23.8 Å². The lowest BCUT2D eigenvalue weighted by molar-refractivity contribution is -0.291. The lowest BCUT2D eigenvalue weighted by Crippen LogP contribution is -2.45.